The molecule has 76 valence electrons. The van der Waals surface area contributed by atoms with Crippen molar-refractivity contribution in [3.05, 3.63) is 29.6 Å². The minimum absolute atomic E-state index is 0.116. The van der Waals surface area contributed by atoms with Crippen molar-refractivity contribution in [3.63, 3.8) is 0 Å². The molecule has 1 aromatic carbocycles. The van der Waals surface area contributed by atoms with Crippen LogP contribution in [0.1, 0.15) is 18.5 Å². The Morgan fingerprint density at radius 2 is 2.29 bits per heavy atom. The van der Waals surface area contributed by atoms with Crippen molar-refractivity contribution in [2.24, 2.45) is 5.92 Å². The molecule has 1 aliphatic heterocycles. The van der Waals surface area contributed by atoms with Gasteiger partial charge < -0.3 is 5.11 Å². The molecule has 3 N–H and O–H groups in total. The monoisotopic (exact) mass is 196 g/mol. The van der Waals surface area contributed by atoms with Crippen LogP contribution in [0.5, 0.6) is 5.75 Å². The maximum Gasteiger partial charge on any atom is 0.165 e. The third kappa shape index (κ3) is 1.58. The van der Waals surface area contributed by atoms with Gasteiger partial charge >= 0.3 is 0 Å². The second-order valence-corrected chi connectivity index (χ2v) is 3.69. The first-order valence-corrected chi connectivity index (χ1v) is 4.65. The van der Waals surface area contributed by atoms with Gasteiger partial charge in [0.2, 0.25) is 0 Å². The van der Waals surface area contributed by atoms with Crippen molar-refractivity contribution in [2.75, 3.05) is 6.54 Å². The molecule has 0 saturated carbocycles. The smallest absolute Gasteiger partial charge is 0.165 e. The van der Waals surface area contributed by atoms with Gasteiger partial charge in [-0.1, -0.05) is 13.0 Å². The van der Waals surface area contributed by atoms with Crippen LogP contribution in [0.3, 0.4) is 0 Å². The number of hydrogen-bond donors (Lipinski definition) is 3. The van der Waals surface area contributed by atoms with Crippen molar-refractivity contribution in [2.45, 2.75) is 13.0 Å². The van der Waals surface area contributed by atoms with Crippen LogP contribution >= 0.6 is 0 Å². The van der Waals surface area contributed by atoms with Crippen LogP contribution in [0.4, 0.5) is 4.39 Å². The molecular weight excluding hydrogens is 183 g/mol. The summed E-state index contributed by atoms with van der Waals surface area (Å²) < 4.78 is 13.1. The molecule has 1 aromatic rings. The number of hydrogen-bond acceptors (Lipinski definition) is 3. The number of benzene rings is 1. The summed E-state index contributed by atoms with van der Waals surface area (Å²) in [6.07, 6.45) is 0. The largest absolute Gasteiger partial charge is 0.505 e. The number of rotatable bonds is 1. The Hall–Kier alpha value is -1.13. The first kappa shape index (κ1) is 9.43. The van der Waals surface area contributed by atoms with Crippen LogP contribution in [0.15, 0.2) is 18.2 Å². The summed E-state index contributed by atoms with van der Waals surface area (Å²) in [5, 5.41) is 9.04. The Morgan fingerprint density at radius 3 is 2.86 bits per heavy atom. The van der Waals surface area contributed by atoms with Gasteiger partial charge in [-0.05, 0) is 23.6 Å². The highest BCUT2D eigenvalue weighted by atomic mass is 19.1. The van der Waals surface area contributed by atoms with E-state index in [1.165, 1.54) is 12.1 Å². The lowest BCUT2D eigenvalue weighted by Gasteiger charge is -2.14. The van der Waals surface area contributed by atoms with Gasteiger partial charge in [0.1, 0.15) is 0 Å². The lowest BCUT2D eigenvalue weighted by Crippen LogP contribution is -2.24. The van der Waals surface area contributed by atoms with Crippen LogP contribution in [0.2, 0.25) is 0 Å². The lowest BCUT2D eigenvalue weighted by atomic mass is 9.96. The van der Waals surface area contributed by atoms with Gasteiger partial charge in [-0.3, -0.25) is 10.9 Å². The highest BCUT2D eigenvalue weighted by Crippen LogP contribution is 2.27. The van der Waals surface area contributed by atoms with E-state index >= 15 is 0 Å². The Bertz CT molecular complexity index is 343. The SMILES string of the molecule is CC1CNNC1c1ccc(O)c(F)c1. The molecule has 1 saturated heterocycles. The first-order chi connectivity index (χ1) is 6.68. The topological polar surface area (TPSA) is 44.3 Å². The number of halogens is 1. The zero-order chi connectivity index (χ0) is 10.1. The molecule has 1 aliphatic rings. The van der Waals surface area contributed by atoms with Crippen molar-refractivity contribution < 1.29 is 9.50 Å². The summed E-state index contributed by atoms with van der Waals surface area (Å²) in [6, 6.07) is 4.61. The average molecular weight is 196 g/mol. The van der Waals surface area contributed by atoms with E-state index in [0.717, 1.165) is 12.1 Å². The second-order valence-electron chi connectivity index (χ2n) is 3.69. The van der Waals surface area contributed by atoms with Crippen LogP contribution in [0, 0.1) is 11.7 Å². The van der Waals surface area contributed by atoms with Gasteiger partial charge in [-0.25, -0.2) is 4.39 Å². The van der Waals surface area contributed by atoms with Crippen LogP contribution in [0.25, 0.3) is 0 Å². The van der Waals surface area contributed by atoms with E-state index < -0.39 is 5.82 Å². The Kier molecular flexibility index (Phi) is 2.39. The third-order valence-corrected chi connectivity index (χ3v) is 2.58. The highest BCUT2D eigenvalue weighted by molar-refractivity contribution is 5.30. The van der Waals surface area contributed by atoms with E-state index in [9.17, 15) is 4.39 Å². The maximum absolute atomic E-state index is 13.1. The van der Waals surface area contributed by atoms with E-state index in [1.54, 1.807) is 6.07 Å². The van der Waals surface area contributed by atoms with Crippen LogP contribution in [-0.4, -0.2) is 11.7 Å². The standard InChI is InChI=1S/C10H13FN2O/c1-6-5-12-13-10(6)7-2-3-9(14)8(11)4-7/h2-4,6,10,12-14H,5H2,1H3. The Morgan fingerprint density at radius 1 is 1.50 bits per heavy atom. The zero-order valence-electron chi connectivity index (χ0n) is 7.92. The minimum Gasteiger partial charge on any atom is -0.505 e. The molecule has 3 nitrogen and oxygen atoms in total. The maximum atomic E-state index is 13.1. The molecule has 14 heavy (non-hydrogen) atoms. The predicted molar refractivity (Wildman–Crippen MR) is 51.1 cm³/mol. The fourth-order valence-electron chi connectivity index (χ4n) is 1.72. The van der Waals surface area contributed by atoms with Gasteiger partial charge in [0.05, 0.1) is 6.04 Å². The summed E-state index contributed by atoms with van der Waals surface area (Å²) in [5.41, 5.74) is 6.95. The fourth-order valence-corrected chi connectivity index (χ4v) is 1.72. The summed E-state index contributed by atoms with van der Waals surface area (Å²) in [4.78, 5) is 0. The van der Waals surface area contributed by atoms with Crippen LogP contribution < -0.4 is 10.9 Å². The summed E-state index contributed by atoms with van der Waals surface area (Å²) >= 11 is 0. The molecule has 1 heterocycles. The molecule has 0 aliphatic carbocycles. The van der Waals surface area contributed by atoms with Crippen molar-refractivity contribution in [1.29, 1.82) is 0 Å². The number of phenols is 1. The first-order valence-electron chi connectivity index (χ1n) is 4.65. The van der Waals surface area contributed by atoms with E-state index in [4.69, 9.17) is 5.11 Å². The van der Waals surface area contributed by atoms with Crippen molar-refractivity contribution >= 4 is 0 Å². The molecule has 0 bridgehead atoms. The highest BCUT2D eigenvalue weighted by Gasteiger charge is 2.24. The summed E-state index contributed by atoms with van der Waals surface area (Å²) in [5.74, 6) is -0.449. The molecule has 2 unspecified atom stereocenters. The molecule has 0 spiro atoms. The normalized spacial score (nSPS) is 26.7. The summed E-state index contributed by atoms with van der Waals surface area (Å²) in [7, 11) is 0. The van der Waals surface area contributed by atoms with E-state index in [0.29, 0.717) is 5.92 Å². The minimum atomic E-state index is -0.566. The van der Waals surface area contributed by atoms with Gasteiger partial charge in [-0.15, -0.1) is 0 Å². The molecule has 2 atom stereocenters. The molecule has 0 amide bonds. The Labute approximate surface area is 81.9 Å². The molecule has 0 aromatic heterocycles. The van der Waals surface area contributed by atoms with Crippen molar-refractivity contribution in [3.8, 4) is 5.75 Å². The van der Waals surface area contributed by atoms with Crippen LogP contribution in [-0.2, 0) is 0 Å². The average Bonchev–Trinajstić information content (AvgIpc) is 2.57. The molecule has 0 radical (unpaired) electrons. The molecule has 4 heteroatoms. The Balaban J connectivity index is 2.28. The zero-order valence-corrected chi connectivity index (χ0v) is 7.92. The van der Waals surface area contributed by atoms with Gasteiger partial charge in [0, 0.05) is 6.54 Å². The number of nitrogens with one attached hydrogen (secondary N) is 2. The number of phenolic OH excluding ortho intramolecular Hbond substituents is 1. The van der Waals surface area contributed by atoms with E-state index in [2.05, 4.69) is 17.8 Å². The lowest BCUT2D eigenvalue weighted by molar-refractivity contribution is 0.428. The molecular formula is C10H13FN2O. The number of aromatic hydroxyl groups is 1. The van der Waals surface area contributed by atoms with Gasteiger partial charge in [0.25, 0.3) is 0 Å². The third-order valence-electron chi connectivity index (χ3n) is 2.58. The van der Waals surface area contributed by atoms with Gasteiger partial charge in [-0.2, -0.15) is 0 Å². The fraction of sp³-hybridized carbons (Fsp3) is 0.400. The molecule has 1 fully saturated rings. The molecule has 2 rings (SSSR count). The second kappa shape index (κ2) is 3.55. The number of hydrazine groups is 1. The predicted octanol–water partition coefficient (Wildman–Crippen LogP) is 1.32. The van der Waals surface area contributed by atoms with E-state index in [1.807, 2.05) is 0 Å². The van der Waals surface area contributed by atoms with Crippen molar-refractivity contribution in [1.82, 2.24) is 10.9 Å². The van der Waals surface area contributed by atoms with E-state index in [-0.39, 0.29) is 11.8 Å². The quantitative estimate of drug-likeness (QED) is 0.634. The van der Waals surface area contributed by atoms with Gasteiger partial charge in [0.15, 0.2) is 11.6 Å². The summed E-state index contributed by atoms with van der Waals surface area (Å²) in [6.45, 7) is 2.95.